The van der Waals surface area contributed by atoms with Gasteiger partial charge in [0.1, 0.15) is 0 Å². The van der Waals surface area contributed by atoms with Gasteiger partial charge < -0.3 is 4.90 Å². The summed E-state index contributed by atoms with van der Waals surface area (Å²) in [5.74, 6) is 0.209. The Kier molecular flexibility index (Phi) is 4.04. The van der Waals surface area contributed by atoms with E-state index >= 15 is 0 Å². The lowest BCUT2D eigenvalue weighted by Gasteiger charge is -2.22. The van der Waals surface area contributed by atoms with Crippen LogP contribution in [-0.2, 0) is 0 Å². The maximum atomic E-state index is 12.5. The van der Waals surface area contributed by atoms with E-state index in [0.717, 1.165) is 12.8 Å². The Hall–Kier alpha value is -1.62. The molecule has 1 aliphatic rings. The predicted molar refractivity (Wildman–Crippen MR) is 72.6 cm³/mol. The largest absolute Gasteiger partial charge is 0.334 e. The summed E-state index contributed by atoms with van der Waals surface area (Å²) in [6.07, 6.45) is 1.97. The number of alkyl halides is 1. The molecule has 0 heterocycles. The molecule has 0 aliphatic heterocycles. The summed E-state index contributed by atoms with van der Waals surface area (Å²) in [7, 11) is 0. The quantitative estimate of drug-likeness (QED) is 0.474. The van der Waals surface area contributed by atoms with E-state index in [9.17, 15) is 14.9 Å². The first-order valence-corrected chi connectivity index (χ1v) is 6.70. The van der Waals surface area contributed by atoms with E-state index in [1.807, 2.05) is 0 Å². The number of nitro groups is 1. The number of nitro benzene ring substituents is 1. The molecule has 0 atom stereocenters. The van der Waals surface area contributed by atoms with Gasteiger partial charge in [0.25, 0.3) is 11.6 Å². The second kappa shape index (κ2) is 5.57. The van der Waals surface area contributed by atoms with Gasteiger partial charge in [-0.25, -0.2) is 0 Å². The van der Waals surface area contributed by atoms with Crippen LogP contribution in [0.1, 0.15) is 28.8 Å². The Morgan fingerprint density at radius 2 is 2.21 bits per heavy atom. The Labute approximate surface area is 116 Å². The molecule has 1 saturated carbocycles. The minimum Gasteiger partial charge on any atom is -0.334 e. The highest BCUT2D eigenvalue weighted by Gasteiger charge is 2.33. The molecule has 0 spiro atoms. The highest BCUT2D eigenvalue weighted by atomic mass is 35.5. The van der Waals surface area contributed by atoms with Crippen molar-refractivity contribution in [3.05, 3.63) is 39.4 Å². The molecule has 2 rings (SSSR count). The van der Waals surface area contributed by atoms with E-state index in [4.69, 9.17) is 11.6 Å². The van der Waals surface area contributed by atoms with Gasteiger partial charge in [-0.05, 0) is 25.8 Å². The summed E-state index contributed by atoms with van der Waals surface area (Å²) < 4.78 is 0. The molecule has 1 aromatic rings. The second-order valence-electron chi connectivity index (χ2n) is 4.63. The lowest BCUT2D eigenvalue weighted by Crippen LogP contribution is -2.35. The first-order chi connectivity index (χ1) is 9.06. The molecular formula is C13H15ClN2O3. The van der Waals surface area contributed by atoms with Crippen LogP contribution in [-0.4, -0.2) is 34.2 Å². The Morgan fingerprint density at radius 1 is 1.53 bits per heavy atom. The molecule has 0 aromatic heterocycles. The summed E-state index contributed by atoms with van der Waals surface area (Å²) in [5, 5.41) is 10.9. The molecule has 1 amide bonds. The number of rotatable bonds is 5. The monoisotopic (exact) mass is 282 g/mol. The third kappa shape index (κ3) is 2.87. The molecule has 0 bridgehead atoms. The van der Waals surface area contributed by atoms with Crippen LogP contribution in [0.3, 0.4) is 0 Å². The number of halogens is 1. The summed E-state index contributed by atoms with van der Waals surface area (Å²) in [4.78, 5) is 24.6. The van der Waals surface area contributed by atoms with Crippen molar-refractivity contribution in [3.8, 4) is 0 Å². The standard InChI is InChI=1S/C13H15ClN2O3/c1-9-11(3-2-4-12(9)16(18)19)13(17)15(8-7-14)10-5-6-10/h2-4,10H,5-8H2,1H3. The lowest BCUT2D eigenvalue weighted by molar-refractivity contribution is -0.385. The maximum absolute atomic E-state index is 12.5. The molecule has 5 nitrogen and oxygen atoms in total. The van der Waals surface area contributed by atoms with Crippen LogP contribution in [0.15, 0.2) is 18.2 Å². The van der Waals surface area contributed by atoms with E-state index in [2.05, 4.69) is 0 Å². The smallest absolute Gasteiger partial charge is 0.273 e. The second-order valence-corrected chi connectivity index (χ2v) is 5.00. The van der Waals surface area contributed by atoms with Crippen molar-refractivity contribution in [2.24, 2.45) is 0 Å². The van der Waals surface area contributed by atoms with Crippen molar-refractivity contribution >= 4 is 23.2 Å². The van der Waals surface area contributed by atoms with E-state index in [-0.39, 0.29) is 17.6 Å². The number of nitrogens with zero attached hydrogens (tertiary/aromatic N) is 2. The zero-order valence-electron chi connectivity index (χ0n) is 10.6. The average Bonchev–Trinajstić information content (AvgIpc) is 3.19. The summed E-state index contributed by atoms with van der Waals surface area (Å²) >= 11 is 5.72. The highest BCUT2D eigenvalue weighted by Crippen LogP contribution is 2.30. The average molecular weight is 283 g/mol. The van der Waals surface area contributed by atoms with Gasteiger partial charge in [0.2, 0.25) is 0 Å². The number of hydrogen-bond acceptors (Lipinski definition) is 3. The molecule has 0 N–H and O–H groups in total. The first kappa shape index (κ1) is 13.8. The van der Waals surface area contributed by atoms with E-state index in [1.54, 1.807) is 24.0 Å². The van der Waals surface area contributed by atoms with Crippen LogP contribution in [0.5, 0.6) is 0 Å². The molecular weight excluding hydrogens is 268 g/mol. The third-order valence-corrected chi connectivity index (χ3v) is 3.48. The Morgan fingerprint density at radius 3 is 2.74 bits per heavy atom. The molecule has 102 valence electrons. The van der Waals surface area contributed by atoms with Crippen LogP contribution in [0, 0.1) is 17.0 Å². The topological polar surface area (TPSA) is 63.5 Å². The number of amides is 1. The van der Waals surface area contributed by atoms with Gasteiger partial charge in [-0.1, -0.05) is 6.07 Å². The van der Waals surface area contributed by atoms with Crippen molar-refractivity contribution in [2.45, 2.75) is 25.8 Å². The third-order valence-electron chi connectivity index (χ3n) is 3.31. The molecule has 1 aliphatic carbocycles. The fourth-order valence-electron chi connectivity index (χ4n) is 2.13. The molecule has 19 heavy (non-hydrogen) atoms. The molecule has 1 fully saturated rings. The zero-order chi connectivity index (χ0) is 14.0. The van der Waals surface area contributed by atoms with Gasteiger partial charge in [0.05, 0.1) is 4.92 Å². The molecule has 0 unspecified atom stereocenters. The lowest BCUT2D eigenvalue weighted by atomic mass is 10.1. The van der Waals surface area contributed by atoms with Gasteiger partial charge in [-0.3, -0.25) is 14.9 Å². The highest BCUT2D eigenvalue weighted by molar-refractivity contribution is 6.18. The summed E-state index contributed by atoms with van der Waals surface area (Å²) in [5.41, 5.74) is 0.788. The number of benzene rings is 1. The SMILES string of the molecule is Cc1c(C(=O)N(CCCl)C2CC2)cccc1[N+](=O)[O-]. The molecule has 1 aromatic carbocycles. The summed E-state index contributed by atoms with van der Waals surface area (Å²) in [6, 6.07) is 4.83. The summed E-state index contributed by atoms with van der Waals surface area (Å²) in [6.45, 7) is 2.09. The number of carbonyl (C=O) groups is 1. The van der Waals surface area contributed by atoms with Gasteiger partial charge in [-0.2, -0.15) is 0 Å². The van der Waals surface area contributed by atoms with Gasteiger partial charge in [0, 0.05) is 35.7 Å². The molecule has 6 heteroatoms. The fraction of sp³-hybridized carbons (Fsp3) is 0.462. The van der Waals surface area contributed by atoms with E-state index in [0.29, 0.717) is 23.6 Å². The van der Waals surface area contributed by atoms with Crippen molar-refractivity contribution in [3.63, 3.8) is 0 Å². The van der Waals surface area contributed by atoms with Crippen molar-refractivity contribution in [2.75, 3.05) is 12.4 Å². The van der Waals surface area contributed by atoms with E-state index < -0.39 is 4.92 Å². The van der Waals surface area contributed by atoms with Gasteiger partial charge in [0.15, 0.2) is 0 Å². The van der Waals surface area contributed by atoms with Crippen LogP contribution in [0.2, 0.25) is 0 Å². The van der Waals surface area contributed by atoms with Crippen LogP contribution in [0.25, 0.3) is 0 Å². The predicted octanol–water partition coefficient (Wildman–Crippen LogP) is 2.75. The normalized spacial score (nSPS) is 14.2. The van der Waals surface area contributed by atoms with Crippen LogP contribution < -0.4 is 0 Å². The maximum Gasteiger partial charge on any atom is 0.273 e. The minimum atomic E-state index is -0.463. The van der Waals surface area contributed by atoms with Gasteiger partial charge in [-0.15, -0.1) is 11.6 Å². The van der Waals surface area contributed by atoms with Crippen LogP contribution in [0.4, 0.5) is 5.69 Å². The van der Waals surface area contributed by atoms with Crippen molar-refractivity contribution < 1.29 is 9.72 Å². The molecule has 0 saturated heterocycles. The van der Waals surface area contributed by atoms with Crippen molar-refractivity contribution in [1.29, 1.82) is 0 Å². The molecule has 0 radical (unpaired) electrons. The minimum absolute atomic E-state index is 0.0209. The first-order valence-electron chi connectivity index (χ1n) is 6.17. The fourth-order valence-corrected chi connectivity index (χ4v) is 2.32. The van der Waals surface area contributed by atoms with E-state index in [1.165, 1.54) is 6.07 Å². The van der Waals surface area contributed by atoms with Crippen molar-refractivity contribution in [1.82, 2.24) is 4.90 Å². The Balaban J connectivity index is 2.32. The van der Waals surface area contributed by atoms with Gasteiger partial charge >= 0.3 is 0 Å². The Bertz CT molecular complexity index is 515. The number of carbonyl (C=O) groups excluding carboxylic acids is 1. The number of hydrogen-bond donors (Lipinski definition) is 0. The zero-order valence-corrected chi connectivity index (χ0v) is 11.4. The van der Waals surface area contributed by atoms with Crippen LogP contribution >= 0.6 is 11.6 Å².